The molecule has 8 nitrogen and oxygen atoms in total. The summed E-state index contributed by atoms with van der Waals surface area (Å²) in [6.07, 6.45) is 6.23. The second kappa shape index (κ2) is 5.98. The second-order valence-electron chi connectivity index (χ2n) is 7.41. The van der Waals surface area contributed by atoms with E-state index >= 15 is 0 Å². The minimum absolute atomic E-state index is 0.512. The van der Waals surface area contributed by atoms with Gasteiger partial charge in [0, 0.05) is 49.6 Å². The maximum Gasteiger partial charge on any atom is 0.178 e. The molecule has 4 heterocycles. The Morgan fingerprint density at radius 3 is 2.62 bits per heavy atom. The number of aromatic nitrogens is 6. The van der Waals surface area contributed by atoms with Crippen LogP contribution in [0.15, 0.2) is 24.5 Å². The molecule has 5 rings (SSSR count). The summed E-state index contributed by atoms with van der Waals surface area (Å²) >= 11 is 0. The van der Waals surface area contributed by atoms with Gasteiger partial charge in [0.05, 0.1) is 0 Å². The van der Waals surface area contributed by atoms with E-state index in [-0.39, 0.29) is 0 Å². The smallest absolute Gasteiger partial charge is 0.178 e. The van der Waals surface area contributed by atoms with Crippen LogP contribution in [-0.4, -0.2) is 60.9 Å². The third-order valence-electron chi connectivity index (χ3n) is 5.29. The van der Waals surface area contributed by atoms with E-state index in [2.05, 4.69) is 37.0 Å². The molecule has 0 radical (unpaired) electrons. The zero-order valence-corrected chi connectivity index (χ0v) is 15.1. The highest BCUT2D eigenvalue weighted by Crippen LogP contribution is 2.38. The molecule has 0 aromatic carbocycles. The van der Waals surface area contributed by atoms with Crippen LogP contribution in [0, 0.1) is 6.92 Å². The Bertz CT molecular complexity index is 924. The molecule has 0 N–H and O–H groups in total. The molecule has 3 aromatic rings. The van der Waals surface area contributed by atoms with Crippen LogP contribution in [0.3, 0.4) is 0 Å². The lowest BCUT2D eigenvalue weighted by Crippen LogP contribution is -2.58. The SMILES string of the molecule is Cc1ncc(CN(C)C2CN(c3ccc4nnc(C5CC5)n4n3)C2)cn1. The normalized spacial score (nSPS) is 17.9. The molecule has 0 atom stereocenters. The first-order valence-electron chi connectivity index (χ1n) is 9.12. The third-order valence-corrected chi connectivity index (χ3v) is 5.29. The quantitative estimate of drug-likeness (QED) is 0.689. The van der Waals surface area contributed by atoms with Gasteiger partial charge in [-0.1, -0.05) is 0 Å². The molecule has 0 spiro atoms. The first-order valence-corrected chi connectivity index (χ1v) is 9.12. The molecule has 0 amide bonds. The van der Waals surface area contributed by atoms with Crippen molar-refractivity contribution in [2.45, 2.75) is 38.3 Å². The molecule has 1 aliphatic heterocycles. The number of hydrogen-bond acceptors (Lipinski definition) is 7. The van der Waals surface area contributed by atoms with Gasteiger partial charge in [-0.15, -0.1) is 15.3 Å². The first kappa shape index (κ1) is 15.6. The molecule has 3 aromatic heterocycles. The van der Waals surface area contributed by atoms with E-state index in [1.165, 1.54) is 12.8 Å². The van der Waals surface area contributed by atoms with Gasteiger partial charge in [0.2, 0.25) is 0 Å². The molecular formula is C18H22N8. The van der Waals surface area contributed by atoms with E-state index in [1.807, 2.05) is 36.0 Å². The maximum absolute atomic E-state index is 4.78. The Labute approximate surface area is 151 Å². The van der Waals surface area contributed by atoms with Crippen molar-refractivity contribution in [3.8, 4) is 0 Å². The fourth-order valence-electron chi connectivity index (χ4n) is 3.40. The predicted octanol–water partition coefficient (Wildman–Crippen LogP) is 1.42. The van der Waals surface area contributed by atoms with Crippen LogP contribution in [0.4, 0.5) is 5.82 Å². The average molecular weight is 350 g/mol. The highest BCUT2D eigenvalue weighted by Gasteiger charge is 2.32. The van der Waals surface area contributed by atoms with Crippen molar-refractivity contribution in [1.29, 1.82) is 0 Å². The molecule has 26 heavy (non-hydrogen) atoms. The summed E-state index contributed by atoms with van der Waals surface area (Å²) in [6, 6.07) is 4.57. The van der Waals surface area contributed by atoms with E-state index in [0.717, 1.165) is 48.3 Å². The lowest BCUT2D eigenvalue weighted by molar-refractivity contribution is 0.196. The summed E-state index contributed by atoms with van der Waals surface area (Å²) in [4.78, 5) is 13.2. The van der Waals surface area contributed by atoms with E-state index in [4.69, 9.17) is 5.10 Å². The Balaban J connectivity index is 1.25. The molecule has 8 heteroatoms. The van der Waals surface area contributed by atoms with E-state index in [0.29, 0.717) is 12.0 Å². The molecule has 2 fully saturated rings. The molecule has 1 saturated carbocycles. The number of anilines is 1. The van der Waals surface area contributed by atoms with Gasteiger partial charge in [0.15, 0.2) is 11.5 Å². The molecule has 134 valence electrons. The van der Waals surface area contributed by atoms with Gasteiger partial charge in [-0.2, -0.15) is 4.52 Å². The van der Waals surface area contributed by atoms with Crippen molar-refractivity contribution in [2.75, 3.05) is 25.0 Å². The largest absolute Gasteiger partial charge is 0.352 e. The summed E-state index contributed by atoms with van der Waals surface area (Å²) in [6.45, 7) is 4.72. The zero-order valence-electron chi connectivity index (χ0n) is 15.1. The van der Waals surface area contributed by atoms with Crippen LogP contribution < -0.4 is 4.90 Å². The van der Waals surface area contributed by atoms with Crippen LogP contribution in [0.25, 0.3) is 5.65 Å². The van der Waals surface area contributed by atoms with Gasteiger partial charge in [-0.3, -0.25) is 4.90 Å². The highest BCUT2D eigenvalue weighted by molar-refractivity contribution is 5.48. The van der Waals surface area contributed by atoms with Crippen molar-refractivity contribution in [3.63, 3.8) is 0 Å². The molecular weight excluding hydrogens is 328 g/mol. The molecule has 1 aliphatic carbocycles. The van der Waals surface area contributed by atoms with E-state index in [1.54, 1.807) is 0 Å². The topological polar surface area (TPSA) is 75.3 Å². The third kappa shape index (κ3) is 2.80. The number of aryl methyl sites for hydroxylation is 1. The highest BCUT2D eigenvalue weighted by atomic mass is 15.4. The van der Waals surface area contributed by atoms with Crippen molar-refractivity contribution in [1.82, 2.24) is 34.7 Å². The van der Waals surface area contributed by atoms with Crippen LogP contribution in [0.2, 0.25) is 0 Å². The van der Waals surface area contributed by atoms with Gasteiger partial charge in [-0.05, 0) is 38.9 Å². The second-order valence-corrected chi connectivity index (χ2v) is 7.41. The van der Waals surface area contributed by atoms with Crippen molar-refractivity contribution in [3.05, 3.63) is 41.7 Å². The van der Waals surface area contributed by atoms with Crippen molar-refractivity contribution < 1.29 is 0 Å². The first-order chi connectivity index (χ1) is 12.7. The monoisotopic (exact) mass is 350 g/mol. The lowest BCUT2D eigenvalue weighted by atomic mass is 10.1. The lowest BCUT2D eigenvalue weighted by Gasteiger charge is -2.44. The van der Waals surface area contributed by atoms with Crippen LogP contribution in [0.1, 0.15) is 36.0 Å². The zero-order chi connectivity index (χ0) is 17.7. The minimum Gasteiger partial charge on any atom is -0.352 e. The van der Waals surface area contributed by atoms with Gasteiger partial charge in [0.25, 0.3) is 0 Å². The van der Waals surface area contributed by atoms with Gasteiger partial charge >= 0.3 is 0 Å². The van der Waals surface area contributed by atoms with Crippen LogP contribution in [-0.2, 0) is 6.54 Å². The van der Waals surface area contributed by atoms with Crippen molar-refractivity contribution >= 4 is 11.5 Å². The Hall–Kier alpha value is -2.61. The van der Waals surface area contributed by atoms with E-state index in [9.17, 15) is 0 Å². The summed E-state index contributed by atoms with van der Waals surface area (Å²) in [5.74, 6) is 3.37. The van der Waals surface area contributed by atoms with Crippen molar-refractivity contribution in [2.24, 2.45) is 0 Å². The minimum atomic E-state index is 0.512. The number of nitrogens with zero attached hydrogens (tertiary/aromatic N) is 8. The number of fused-ring (bicyclic) bond motifs is 1. The van der Waals surface area contributed by atoms with Crippen LogP contribution in [0.5, 0.6) is 0 Å². The standard InChI is InChI=1S/C18H22N8/c1-12-19-7-13(8-20-12)9-24(2)15-10-25(11-15)17-6-5-16-21-22-18(14-3-4-14)26(16)23-17/h5-8,14-15H,3-4,9-11H2,1-2H3. The van der Waals surface area contributed by atoms with Gasteiger partial charge < -0.3 is 4.90 Å². The average Bonchev–Trinajstić information content (AvgIpc) is 3.35. The summed E-state index contributed by atoms with van der Waals surface area (Å²) in [5.41, 5.74) is 1.99. The predicted molar refractivity (Wildman–Crippen MR) is 97.0 cm³/mol. The molecule has 1 saturated heterocycles. The Kier molecular flexibility index (Phi) is 3.59. The fraction of sp³-hybridized carbons (Fsp3) is 0.500. The number of hydrogen-bond donors (Lipinski definition) is 0. The fourth-order valence-corrected chi connectivity index (χ4v) is 3.40. The van der Waals surface area contributed by atoms with E-state index < -0.39 is 0 Å². The molecule has 0 unspecified atom stereocenters. The Morgan fingerprint density at radius 2 is 1.88 bits per heavy atom. The molecule has 2 aliphatic rings. The summed E-state index contributed by atoms with van der Waals surface area (Å²) in [5, 5.41) is 13.3. The number of rotatable bonds is 5. The van der Waals surface area contributed by atoms with Crippen LogP contribution >= 0.6 is 0 Å². The summed E-state index contributed by atoms with van der Waals surface area (Å²) < 4.78 is 1.92. The summed E-state index contributed by atoms with van der Waals surface area (Å²) in [7, 11) is 2.16. The van der Waals surface area contributed by atoms with Gasteiger partial charge in [-0.25, -0.2) is 9.97 Å². The Morgan fingerprint density at radius 1 is 1.12 bits per heavy atom. The van der Waals surface area contributed by atoms with Gasteiger partial charge in [0.1, 0.15) is 11.6 Å². The maximum atomic E-state index is 4.78. The number of likely N-dealkylation sites (N-methyl/N-ethyl adjacent to an activating group) is 1. The molecule has 0 bridgehead atoms.